The first kappa shape index (κ1) is 14.9. The first-order valence-electron chi connectivity index (χ1n) is 5.48. The molecule has 0 aliphatic carbocycles. The SMILES string of the molecule is CC(C)(C)C(C(=O)O)N1CC(S(N)(=O)=O)CC1=O. The molecule has 0 radical (unpaired) electrons. The molecular weight excluding hydrogens is 260 g/mol. The highest BCUT2D eigenvalue weighted by atomic mass is 32.2. The zero-order chi connectivity index (χ0) is 14.3. The molecule has 104 valence electrons. The van der Waals surface area contributed by atoms with Crippen molar-refractivity contribution < 1.29 is 23.1 Å². The fourth-order valence-electron chi connectivity index (χ4n) is 2.14. The van der Waals surface area contributed by atoms with Crippen LogP contribution >= 0.6 is 0 Å². The van der Waals surface area contributed by atoms with E-state index in [1.165, 1.54) is 0 Å². The van der Waals surface area contributed by atoms with Crippen molar-refractivity contribution in [3.05, 3.63) is 0 Å². The maximum atomic E-state index is 11.8. The Bertz CT molecular complexity index is 465. The predicted octanol–water partition coefficient (Wildman–Crippen LogP) is -0.625. The molecule has 2 atom stereocenters. The van der Waals surface area contributed by atoms with Crippen LogP contribution in [0.4, 0.5) is 0 Å². The summed E-state index contributed by atoms with van der Waals surface area (Å²) in [6, 6.07) is -1.06. The van der Waals surface area contributed by atoms with E-state index in [0.717, 1.165) is 4.90 Å². The van der Waals surface area contributed by atoms with E-state index in [0.29, 0.717) is 0 Å². The van der Waals surface area contributed by atoms with Crippen molar-refractivity contribution in [2.24, 2.45) is 10.6 Å². The number of likely N-dealkylation sites (tertiary alicyclic amines) is 1. The molecule has 0 spiro atoms. The van der Waals surface area contributed by atoms with E-state index in [9.17, 15) is 23.1 Å². The first-order valence-corrected chi connectivity index (χ1v) is 7.09. The molecule has 0 aromatic carbocycles. The van der Waals surface area contributed by atoms with Gasteiger partial charge in [0, 0.05) is 13.0 Å². The second-order valence-corrected chi connectivity index (χ2v) is 7.41. The second-order valence-electron chi connectivity index (χ2n) is 5.57. The lowest BCUT2D eigenvalue weighted by Crippen LogP contribution is -2.50. The predicted molar refractivity (Wildman–Crippen MR) is 64.1 cm³/mol. The van der Waals surface area contributed by atoms with E-state index in [1.807, 2.05) is 0 Å². The van der Waals surface area contributed by atoms with Gasteiger partial charge in [0.05, 0.1) is 0 Å². The largest absolute Gasteiger partial charge is 0.480 e. The van der Waals surface area contributed by atoms with Crippen LogP contribution in [0.2, 0.25) is 0 Å². The summed E-state index contributed by atoms with van der Waals surface area (Å²) in [4.78, 5) is 24.1. The normalized spacial score (nSPS) is 23.2. The number of nitrogens with two attached hydrogens (primary N) is 1. The average molecular weight is 278 g/mol. The molecule has 2 unspecified atom stereocenters. The lowest BCUT2D eigenvalue weighted by atomic mass is 9.86. The Morgan fingerprint density at radius 3 is 2.28 bits per heavy atom. The molecule has 7 nitrogen and oxygen atoms in total. The molecule has 18 heavy (non-hydrogen) atoms. The fraction of sp³-hybridized carbons (Fsp3) is 0.800. The average Bonchev–Trinajstić information content (AvgIpc) is 2.44. The molecule has 1 saturated heterocycles. The van der Waals surface area contributed by atoms with E-state index in [2.05, 4.69) is 0 Å². The highest BCUT2D eigenvalue weighted by molar-refractivity contribution is 7.89. The third-order valence-electron chi connectivity index (χ3n) is 2.95. The van der Waals surface area contributed by atoms with Gasteiger partial charge in [-0.1, -0.05) is 20.8 Å². The standard InChI is InChI=1S/C10H18N2O5S/c1-10(2,3)8(9(14)15)12-5-6(4-7(12)13)18(11,16)17/h6,8H,4-5H2,1-3H3,(H,14,15)(H2,11,16,17). The molecule has 1 aliphatic rings. The monoisotopic (exact) mass is 278 g/mol. The Balaban J connectivity index is 3.04. The topological polar surface area (TPSA) is 118 Å². The van der Waals surface area contributed by atoms with E-state index >= 15 is 0 Å². The van der Waals surface area contributed by atoms with E-state index in [4.69, 9.17) is 5.14 Å². The first-order chi connectivity index (χ1) is 7.94. The Kier molecular flexibility index (Phi) is 3.73. The Hall–Kier alpha value is -1.15. The van der Waals surface area contributed by atoms with E-state index < -0.39 is 38.6 Å². The van der Waals surface area contributed by atoms with Crippen molar-refractivity contribution >= 4 is 21.9 Å². The molecule has 0 bridgehead atoms. The van der Waals surface area contributed by atoms with Gasteiger partial charge < -0.3 is 10.0 Å². The van der Waals surface area contributed by atoms with Gasteiger partial charge in [0.2, 0.25) is 15.9 Å². The summed E-state index contributed by atoms with van der Waals surface area (Å²) >= 11 is 0. The van der Waals surface area contributed by atoms with Crippen LogP contribution in [-0.4, -0.2) is 48.1 Å². The third kappa shape index (κ3) is 2.99. The number of carbonyl (C=O) groups excluding carboxylic acids is 1. The smallest absolute Gasteiger partial charge is 0.326 e. The quantitative estimate of drug-likeness (QED) is 0.713. The minimum atomic E-state index is -3.83. The van der Waals surface area contributed by atoms with Crippen LogP contribution in [0, 0.1) is 5.41 Å². The van der Waals surface area contributed by atoms with Crippen LogP contribution in [0.1, 0.15) is 27.2 Å². The van der Waals surface area contributed by atoms with E-state index in [-0.39, 0.29) is 13.0 Å². The number of carbonyl (C=O) groups is 2. The lowest BCUT2D eigenvalue weighted by Gasteiger charge is -2.34. The summed E-state index contributed by atoms with van der Waals surface area (Å²) in [6.45, 7) is 4.89. The molecule has 0 saturated carbocycles. The van der Waals surface area contributed by atoms with Crippen molar-refractivity contribution in [3.8, 4) is 0 Å². The molecular formula is C10H18N2O5S. The van der Waals surface area contributed by atoms with E-state index in [1.54, 1.807) is 20.8 Å². The van der Waals surface area contributed by atoms with Crippen LogP contribution in [0.5, 0.6) is 0 Å². The number of amides is 1. The van der Waals surface area contributed by atoms with Crippen molar-refractivity contribution in [2.45, 2.75) is 38.5 Å². The van der Waals surface area contributed by atoms with Gasteiger partial charge in [0.1, 0.15) is 11.3 Å². The van der Waals surface area contributed by atoms with Crippen molar-refractivity contribution in [1.82, 2.24) is 4.90 Å². The van der Waals surface area contributed by atoms with Gasteiger partial charge in [0.25, 0.3) is 0 Å². The molecule has 1 amide bonds. The van der Waals surface area contributed by atoms with Crippen LogP contribution in [0.25, 0.3) is 0 Å². The Morgan fingerprint density at radius 1 is 1.50 bits per heavy atom. The van der Waals surface area contributed by atoms with Gasteiger partial charge in [-0.15, -0.1) is 0 Å². The molecule has 8 heteroatoms. The van der Waals surface area contributed by atoms with Crippen LogP contribution < -0.4 is 5.14 Å². The Labute approximate surface area is 106 Å². The van der Waals surface area contributed by atoms with Gasteiger partial charge in [-0.05, 0) is 5.41 Å². The van der Waals surface area contributed by atoms with Gasteiger partial charge in [0.15, 0.2) is 0 Å². The number of carboxylic acids is 1. The lowest BCUT2D eigenvalue weighted by molar-refractivity contribution is -0.153. The van der Waals surface area contributed by atoms with Crippen LogP contribution in [-0.2, 0) is 19.6 Å². The van der Waals surface area contributed by atoms with Gasteiger partial charge in [-0.2, -0.15) is 0 Å². The maximum Gasteiger partial charge on any atom is 0.326 e. The minimum absolute atomic E-state index is 0.161. The number of hydrogen-bond donors (Lipinski definition) is 2. The molecule has 0 aromatic heterocycles. The molecule has 1 fully saturated rings. The summed E-state index contributed by atoms with van der Waals surface area (Å²) in [5, 5.41) is 13.2. The van der Waals surface area contributed by atoms with Crippen LogP contribution in [0.15, 0.2) is 0 Å². The zero-order valence-electron chi connectivity index (χ0n) is 10.6. The number of primary sulfonamides is 1. The number of sulfonamides is 1. The zero-order valence-corrected chi connectivity index (χ0v) is 11.4. The molecule has 1 aliphatic heterocycles. The fourth-order valence-corrected chi connectivity index (χ4v) is 2.88. The van der Waals surface area contributed by atoms with Gasteiger partial charge in [-0.3, -0.25) is 4.79 Å². The molecule has 1 heterocycles. The number of nitrogens with zero attached hydrogens (tertiary/aromatic N) is 1. The van der Waals surface area contributed by atoms with Crippen molar-refractivity contribution in [2.75, 3.05) is 6.54 Å². The number of aliphatic carboxylic acids is 1. The molecule has 1 rings (SSSR count). The van der Waals surface area contributed by atoms with Gasteiger partial charge in [-0.25, -0.2) is 18.4 Å². The van der Waals surface area contributed by atoms with Crippen molar-refractivity contribution in [3.63, 3.8) is 0 Å². The highest BCUT2D eigenvalue weighted by Gasteiger charge is 2.46. The third-order valence-corrected chi connectivity index (χ3v) is 4.20. The molecule has 0 aromatic rings. The summed E-state index contributed by atoms with van der Waals surface area (Å²) < 4.78 is 22.4. The Morgan fingerprint density at radius 2 is 2.00 bits per heavy atom. The van der Waals surface area contributed by atoms with Gasteiger partial charge >= 0.3 is 5.97 Å². The maximum absolute atomic E-state index is 11.8. The summed E-state index contributed by atoms with van der Waals surface area (Å²) in [5.41, 5.74) is -0.686. The summed E-state index contributed by atoms with van der Waals surface area (Å²) in [6.07, 6.45) is -0.251. The second kappa shape index (κ2) is 4.51. The molecule has 3 N–H and O–H groups in total. The van der Waals surface area contributed by atoms with Crippen molar-refractivity contribution in [1.29, 1.82) is 0 Å². The number of rotatable bonds is 3. The summed E-state index contributed by atoms with van der Waals surface area (Å²) in [5.74, 6) is -1.64. The number of carboxylic acid groups (broad SMARTS) is 1. The summed E-state index contributed by atoms with van der Waals surface area (Å²) in [7, 11) is -3.83. The number of hydrogen-bond acceptors (Lipinski definition) is 4. The van der Waals surface area contributed by atoms with Crippen LogP contribution in [0.3, 0.4) is 0 Å². The highest BCUT2D eigenvalue weighted by Crippen LogP contribution is 2.29. The minimum Gasteiger partial charge on any atom is -0.480 e.